The maximum absolute atomic E-state index is 10.4. The number of ether oxygens (including phenoxy) is 1. The number of nitrogens with two attached hydrogens (primary N) is 1. The van der Waals surface area contributed by atoms with Gasteiger partial charge in [0.05, 0.1) is 5.56 Å². The molecule has 0 atom stereocenters. The van der Waals surface area contributed by atoms with Crippen LogP contribution in [0.3, 0.4) is 0 Å². The van der Waals surface area contributed by atoms with Gasteiger partial charge in [-0.3, -0.25) is 9.78 Å². The SMILES string of the molecule is C1CCOC1.NC(=O)c1cccnc1. The molecule has 2 heterocycles. The fraction of sp³-hybridized carbons (Fsp3) is 0.400. The van der Waals surface area contributed by atoms with Crippen molar-refractivity contribution in [1.29, 1.82) is 0 Å². The lowest BCUT2D eigenvalue weighted by Crippen LogP contribution is -2.10. The van der Waals surface area contributed by atoms with E-state index >= 15 is 0 Å². The van der Waals surface area contributed by atoms with Crippen LogP contribution in [0.4, 0.5) is 0 Å². The number of hydrogen-bond acceptors (Lipinski definition) is 3. The molecule has 2 rings (SSSR count). The summed E-state index contributed by atoms with van der Waals surface area (Å²) in [5, 5.41) is 0. The second-order valence-electron chi connectivity index (χ2n) is 2.93. The Morgan fingerprint density at radius 3 is 2.43 bits per heavy atom. The molecule has 0 bridgehead atoms. The quantitative estimate of drug-likeness (QED) is 0.724. The molecule has 4 heteroatoms. The molecule has 76 valence electrons. The van der Waals surface area contributed by atoms with Crippen LogP contribution in [0, 0.1) is 0 Å². The maximum atomic E-state index is 10.4. The van der Waals surface area contributed by atoms with Crippen LogP contribution in [0.1, 0.15) is 23.2 Å². The number of primary amides is 1. The predicted octanol–water partition coefficient (Wildman–Crippen LogP) is 0.977. The largest absolute Gasteiger partial charge is 0.381 e. The lowest BCUT2D eigenvalue weighted by molar-refractivity contribution is 0.1000. The van der Waals surface area contributed by atoms with Gasteiger partial charge in [0.25, 0.3) is 0 Å². The number of amides is 1. The van der Waals surface area contributed by atoms with Crippen LogP contribution in [0.25, 0.3) is 0 Å². The highest BCUT2D eigenvalue weighted by Crippen LogP contribution is 1.98. The van der Waals surface area contributed by atoms with Crippen LogP contribution in [-0.2, 0) is 4.74 Å². The molecule has 1 aliphatic heterocycles. The van der Waals surface area contributed by atoms with E-state index < -0.39 is 5.91 Å². The first-order valence-electron chi connectivity index (χ1n) is 4.58. The summed E-state index contributed by atoms with van der Waals surface area (Å²) in [7, 11) is 0. The molecule has 0 aromatic carbocycles. The minimum atomic E-state index is -0.442. The van der Waals surface area contributed by atoms with Crippen molar-refractivity contribution in [3.8, 4) is 0 Å². The van der Waals surface area contributed by atoms with Gasteiger partial charge in [-0.25, -0.2) is 0 Å². The Kier molecular flexibility index (Phi) is 4.64. The summed E-state index contributed by atoms with van der Waals surface area (Å²) in [5.74, 6) is -0.442. The van der Waals surface area contributed by atoms with E-state index in [1.165, 1.54) is 19.0 Å². The Morgan fingerprint density at radius 2 is 2.14 bits per heavy atom. The molecule has 0 unspecified atom stereocenters. The molecule has 1 aromatic heterocycles. The van der Waals surface area contributed by atoms with Gasteiger partial charge in [-0.2, -0.15) is 0 Å². The Labute approximate surface area is 83.1 Å². The summed E-state index contributed by atoms with van der Waals surface area (Å²) >= 11 is 0. The van der Waals surface area contributed by atoms with Crippen LogP contribution in [0.5, 0.6) is 0 Å². The van der Waals surface area contributed by atoms with Crippen molar-refractivity contribution in [2.24, 2.45) is 5.73 Å². The van der Waals surface area contributed by atoms with Crippen molar-refractivity contribution in [3.05, 3.63) is 30.1 Å². The fourth-order valence-corrected chi connectivity index (χ4v) is 1.02. The highest BCUT2D eigenvalue weighted by molar-refractivity contribution is 5.92. The topological polar surface area (TPSA) is 65.2 Å². The normalized spacial score (nSPS) is 14.3. The average Bonchev–Trinajstić information content (AvgIpc) is 2.77. The molecule has 4 nitrogen and oxygen atoms in total. The van der Waals surface area contributed by atoms with E-state index in [9.17, 15) is 4.79 Å². The molecule has 0 saturated carbocycles. The minimum Gasteiger partial charge on any atom is -0.381 e. The molecule has 0 spiro atoms. The fourth-order valence-electron chi connectivity index (χ4n) is 1.02. The van der Waals surface area contributed by atoms with E-state index in [0.717, 1.165) is 13.2 Å². The zero-order valence-electron chi connectivity index (χ0n) is 7.98. The third-order valence-electron chi connectivity index (χ3n) is 1.77. The average molecular weight is 194 g/mol. The lowest BCUT2D eigenvalue weighted by Gasteiger charge is -1.88. The molecule has 1 amide bonds. The molecule has 1 saturated heterocycles. The van der Waals surface area contributed by atoms with E-state index in [4.69, 9.17) is 10.5 Å². The summed E-state index contributed by atoms with van der Waals surface area (Å²) < 4.78 is 4.94. The van der Waals surface area contributed by atoms with Crippen molar-refractivity contribution < 1.29 is 9.53 Å². The van der Waals surface area contributed by atoms with Crippen molar-refractivity contribution >= 4 is 5.91 Å². The van der Waals surface area contributed by atoms with Gasteiger partial charge in [-0.05, 0) is 25.0 Å². The number of hydrogen-bond donors (Lipinski definition) is 1. The number of rotatable bonds is 1. The van der Waals surface area contributed by atoms with Crippen molar-refractivity contribution in [2.75, 3.05) is 13.2 Å². The van der Waals surface area contributed by atoms with Gasteiger partial charge in [-0.1, -0.05) is 0 Å². The molecule has 1 fully saturated rings. The van der Waals surface area contributed by atoms with Crippen LogP contribution >= 0.6 is 0 Å². The zero-order valence-corrected chi connectivity index (χ0v) is 7.98. The van der Waals surface area contributed by atoms with Crippen LogP contribution < -0.4 is 5.73 Å². The van der Waals surface area contributed by atoms with Crippen molar-refractivity contribution in [2.45, 2.75) is 12.8 Å². The molecule has 14 heavy (non-hydrogen) atoms. The smallest absolute Gasteiger partial charge is 0.250 e. The van der Waals surface area contributed by atoms with E-state index in [2.05, 4.69) is 4.98 Å². The highest BCUT2D eigenvalue weighted by atomic mass is 16.5. The van der Waals surface area contributed by atoms with Crippen LogP contribution in [-0.4, -0.2) is 24.1 Å². The van der Waals surface area contributed by atoms with E-state index in [1.807, 2.05) is 0 Å². The monoisotopic (exact) mass is 194 g/mol. The maximum Gasteiger partial charge on any atom is 0.250 e. The summed E-state index contributed by atoms with van der Waals surface area (Å²) in [6.45, 7) is 2.00. The second-order valence-corrected chi connectivity index (χ2v) is 2.93. The molecule has 2 N–H and O–H groups in total. The van der Waals surface area contributed by atoms with Gasteiger partial charge in [0.2, 0.25) is 5.91 Å². The first-order valence-corrected chi connectivity index (χ1v) is 4.58. The predicted molar refractivity (Wildman–Crippen MR) is 52.8 cm³/mol. The number of carbonyl (C=O) groups excluding carboxylic acids is 1. The molecular weight excluding hydrogens is 180 g/mol. The molecule has 0 aliphatic carbocycles. The van der Waals surface area contributed by atoms with Gasteiger partial charge in [0.15, 0.2) is 0 Å². The molecule has 1 aromatic rings. The summed E-state index contributed by atoms with van der Waals surface area (Å²) in [6.07, 6.45) is 5.58. The van der Waals surface area contributed by atoms with Gasteiger partial charge in [0.1, 0.15) is 0 Å². The summed E-state index contributed by atoms with van der Waals surface area (Å²) in [4.78, 5) is 14.1. The third kappa shape index (κ3) is 4.00. The van der Waals surface area contributed by atoms with E-state index in [0.29, 0.717) is 5.56 Å². The second kappa shape index (κ2) is 6.10. The Morgan fingerprint density at radius 1 is 1.43 bits per heavy atom. The zero-order chi connectivity index (χ0) is 10.2. The number of pyridine rings is 1. The molecule has 0 radical (unpaired) electrons. The summed E-state index contributed by atoms with van der Waals surface area (Å²) in [5.41, 5.74) is 5.38. The number of aromatic nitrogens is 1. The Hall–Kier alpha value is -1.42. The first-order chi connectivity index (χ1) is 6.80. The molecular formula is C10H14N2O2. The van der Waals surface area contributed by atoms with Gasteiger partial charge >= 0.3 is 0 Å². The summed E-state index contributed by atoms with van der Waals surface area (Å²) in [6, 6.07) is 3.29. The van der Waals surface area contributed by atoms with E-state index in [-0.39, 0.29) is 0 Å². The van der Waals surface area contributed by atoms with Gasteiger partial charge in [-0.15, -0.1) is 0 Å². The van der Waals surface area contributed by atoms with Crippen LogP contribution in [0.2, 0.25) is 0 Å². The first kappa shape index (κ1) is 10.7. The number of carbonyl (C=O) groups is 1. The third-order valence-corrected chi connectivity index (χ3v) is 1.77. The van der Waals surface area contributed by atoms with Crippen molar-refractivity contribution in [3.63, 3.8) is 0 Å². The van der Waals surface area contributed by atoms with Crippen LogP contribution in [0.15, 0.2) is 24.5 Å². The van der Waals surface area contributed by atoms with Gasteiger partial charge < -0.3 is 10.5 Å². The highest BCUT2D eigenvalue weighted by Gasteiger charge is 1.95. The Balaban J connectivity index is 0.000000165. The van der Waals surface area contributed by atoms with E-state index in [1.54, 1.807) is 18.3 Å². The van der Waals surface area contributed by atoms with Gasteiger partial charge in [0, 0.05) is 25.6 Å². The lowest BCUT2D eigenvalue weighted by atomic mass is 10.3. The van der Waals surface area contributed by atoms with Crippen molar-refractivity contribution in [1.82, 2.24) is 4.98 Å². The Bertz CT molecular complexity index is 263. The number of nitrogens with zero attached hydrogens (tertiary/aromatic N) is 1. The standard InChI is InChI=1S/C6H6N2O.C4H8O/c7-6(9)5-2-1-3-8-4-5;1-2-4-5-3-1/h1-4H,(H2,7,9);1-4H2. The molecule has 1 aliphatic rings. The minimum absolute atomic E-state index is 0.442.